The van der Waals surface area contributed by atoms with Crippen molar-refractivity contribution in [2.24, 2.45) is 0 Å². The Balaban J connectivity index is 2.12. The van der Waals surface area contributed by atoms with Crippen LogP contribution in [-0.4, -0.2) is 13.7 Å². The molecule has 0 fully saturated rings. The Kier molecular flexibility index (Phi) is 4.83. The van der Waals surface area contributed by atoms with E-state index in [0.717, 1.165) is 16.9 Å². The first-order chi connectivity index (χ1) is 12.0. The molecule has 0 saturated heterocycles. The molecule has 0 N–H and O–H groups in total. The molecule has 0 saturated carbocycles. The maximum atomic E-state index is 14.7. The summed E-state index contributed by atoms with van der Waals surface area (Å²) < 4.78 is 49.6. The average molecular weight is 346 g/mol. The van der Waals surface area contributed by atoms with Crippen LogP contribution in [-0.2, 0) is 6.42 Å². The SMILES string of the molecule is CCc1c(OC(F)F)cc2cc(-c3ccc(OC)cc3)ccc2c1F. The van der Waals surface area contributed by atoms with E-state index in [-0.39, 0.29) is 17.7 Å². The van der Waals surface area contributed by atoms with Crippen LogP contribution in [0.4, 0.5) is 13.2 Å². The van der Waals surface area contributed by atoms with Gasteiger partial charge in [0.25, 0.3) is 0 Å². The fraction of sp³-hybridized carbons (Fsp3) is 0.200. The predicted molar refractivity (Wildman–Crippen MR) is 91.9 cm³/mol. The quantitative estimate of drug-likeness (QED) is 0.580. The summed E-state index contributed by atoms with van der Waals surface area (Å²) in [7, 11) is 1.59. The summed E-state index contributed by atoms with van der Waals surface area (Å²) in [6, 6.07) is 14.1. The van der Waals surface area contributed by atoms with Crippen molar-refractivity contribution in [3.8, 4) is 22.6 Å². The molecule has 0 aliphatic heterocycles. The molecule has 0 amide bonds. The molecule has 3 aromatic rings. The second kappa shape index (κ2) is 7.05. The van der Waals surface area contributed by atoms with Crippen molar-refractivity contribution in [3.63, 3.8) is 0 Å². The molecule has 0 bridgehead atoms. The van der Waals surface area contributed by atoms with Crippen molar-refractivity contribution in [1.82, 2.24) is 0 Å². The minimum atomic E-state index is -2.99. The minimum absolute atomic E-state index is 0.116. The first-order valence-corrected chi connectivity index (χ1v) is 7.88. The Bertz CT molecular complexity index is 890. The third kappa shape index (κ3) is 3.40. The molecule has 0 aromatic heterocycles. The van der Waals surface area contributed by atoms with Crippen LogP contribution in [0.2, 0.25) is 0 Å². The number of fused-ring (bicyclic) bond motifs is 1. The van der Waals surface area contributed by atoms with Crippen LogP contribution < -0.4 is 9.47 Å². The summed E-state index contributed by atoms with van der Waals surface area (Å²) in [5.41, 5.74) is 1.92. The second-order valence-electron chi connectivity index (χ2n) is 5.56. The van der Waals surface area contributed by atoms with Gasteiger partial charge in [-0.1, -0.05) is 31.2 Å². The topological polar surface area (TPSA) is 18.5 Å². The highest BCUT2D eigenvalue weighted by Gasteiger charge is 2.16. The number of ether oxygens (including phenoxy) is 2. The van der Waals surface area contributed by atoms with Crippen molar-refractivity contribution < 1.29 is 22.6 Å². The van der Waals surface area contributed by atoms with E-state index >= 15 is 0 Å². The number of hydrogen-bond donors (Lipinski definition) is 0. The summed E-state index contributed by atoms with van der Waals surface area (Å²) in [5, 5.41) is 0.898. The van der Waals surface area contributed by atoms with Crippen LogP contribution in [0.5, 0.6) is 11.5 Å². The molecule has 5 heteroatoms. The van der Waals surface area contributed by atoms with Gasteiger partial charge >= 0.3 is 6.61 Å². The van der Waals surface area contributed by atoms with Gasteiger partial charge in [0.05, 0.1) is 7.11 Å². The van der Waals surface area contributed by atoms with Gasteiger partial charge in [-0.15, -0.1) is 0 Å². The number of halogens is 3. The summed E-state index contributed by atoms with van der Waals surface area (Å²) in [4.78, 5) is 0. The summed E-state index contributed by atoms with van der Waals surface area (Å²) >= 11 is 0. The van der Waals surface area contributed by atoms with Gasteiger partial charge in [-0.25, -0.2) is 4.39 Å². The normalized spacial score (nSPS) is 11.1. The smallest absolute Gasteiger partial charge is 0.387 e. The molecule has 0 aliphatic carbocycles. The highest BCUT2D eigenvalue weighted by atomic mass is 19.3. The Morgan fingerprint density at radius 2 is 1.64 bits per heavy atom. The predicted octanol–water partition coefficient (Wildman–Crippen LogP) is 5.82. The average Bonchev–Trinajstić information content (AvgIpc) is 2.61. The fourth-order valence-electron chi connectivity index (χ4n) is 2.87. The van der Waals surface area contributed by atoms with Gasteiger partial charge < -0.3 is 9.47 Å². The van der Waals surface area contributed by atoms with Crippen molar-refractivity contribution in [1.29, 1.82) is 0 Å². The van der Waals surface area contributed by atoms with E-state index in [0.29, 0.717) is 10.8 Å². The number of hydrogen-bond acceptors (Lipinski definition) is 2. The van der Waals surface area contributed by atoms with Gasteiger partial charge in [-0.3, -0.25) is 0 Å². The first-order valence-electron chi connectivity index (χ1n) is 7.88. The Labute approximate surface area is 143 Å². The van der Waals surface area contributed by atoms with Crippen LogP contribution in [0.3, 0.4) is 0 Å². The highest BCUT2D eigenvalue weighted by molar-refractivity contribution is 5.90. The largest absolute Gasteiger partial charge is 0.497 e. The lowest BCUT2D eigenvalue weighted by Crippen LogP contribution is -2.06. The molecule has 0 aliphatic rings. The Hall–Kier alpha value is -2.69. The van der Waals surface area contributed by atoms with E-state index < -0.39 is 12.4 Å². The van der Waals surface area contributed by atoms with Crippen molar-refractivity contribution >= 4 is 10.8 Å². The molecule has 0 atom stereocenters. The van der Waals surface area contributed by atoms with Crippen LogP contribution >= 0.6 is 0 Å². The molecule has 3 rings (SSSR count). The zero-order valence-electron chi connectivity index (χ0n) is 13.9. The number of benzene rings is 3. The van der Waals surface area contributed by atoms with E-state index in [2.05, 4.69) is 4.74 Å². The van der Waals surface area contributed by atoms with Gasteiger partial charge in [0.2, 0.25) is 0 Å². The molecule has 0 heterocycles. The van der Waals surface area contributed by atoms with Crippen LogP contribution in [0.15, 0.2) is 48.5 Å². The molecular formula is C20H17F3O2. The van der Waals surface area contributed by atoms with Crippen LogP contribution in [0.25, 0.3) is 21.9 Å². The number of methoxy groups -OCH3 is 1. The van der Waals surface area contributed by atoms with Crippen LogP contribution in [0.1, 0.15) is 12.5 Å². The monoisotopic (exact) mass is 346 g/mol. The molecule has 3 aromatic carbocycles. The molecule has 130 valence electrons. The van der Waals surface area contributed by atoms with Crippen molar-refractivity contribution in [2.75, 3.05) is 7.11 Å². The Morgan fingerprint density at radius 3 is 2.24 bits per heavy atom. The van der Waals surface area contributed by atoms with E-state index in [4.69, 9.17) is 4.74 Å². The van der Waals surface area contributed by atoms with Crippen molar-refractivity contribution in [2.45, 2.75) is 20.0 Å². The molecule has 0 radical (unpaired) electrons. The molecule has 25 heavy (non-hydrogen) atoms. The van der Waals surface area contributed by atoms with E-state index in [1.807, 2.05) is 24.3 Å². The van der Waals surface area contributed by atoms with E-state index in [1.165, 1.54) is 6.07 Å². The standard InChI is InChI=1S/C20H17F3O2/c1-3-16-18(25-20(22)23)11-14-10-13(6-9-17(14)19(16)21)12-4-7-15(24-2)8-5-12/h4-11,20H,3H2,1-2H3. The lowest BCUT2D eigenvalue weighted by Gasteiger charge is -2.14. The Morgan fingerprint density at radius 1 is 0.960 bits per heavy atom. The highest BCUT2D eigenvalue weighted by Crippen LogP contribution is 2.34. The summed E-state index contributed by atoms with van der Waals surface area (Å²) in [5.74, 6) is 0.0992. The van der Waals surface area contributed by atoms with E-state index in [1.54, 1.807) is 32.2 Å². The maximum absolute atomic E-state index is 14.7. The van der Waals surface area contributed by atoms with Crippen molar-refractivity contribution in [3.05, 3.63) is 59.9 Å². The minimum Gasteiger partial charge on any atom is -0.497 e. The molecule has 2 nitrogen and oxygen atoms in total. The molecule has 0 spiro atoms. The lowest BCUT2D eigenvalue weighted by molar-refractivity contribution is -0.0504. The molecule has 0 unspecified atom stereocenters. The van der Waals surface area contributed by atoms with Gasteiger partial charge in [-0.05, 0) is 47.2 Å². The lowest BCUT2D eigenvalue weighted by atomic mass is 9.98. The third-order valence-corrected chi connectivity index (χ3v) is 4.13. The molecular weight excluding hydrogens is 329 g/mol. The summed E-state index contributed by atoms with van der Waals surface area (Å²) in [6.07, 6.45) is 0.268. The third-order valence-electron chi connectivity index (χ3n) is 4.13. The first kappa shape index (κ1) is 17.1. The maximum Gasteiger partial charge on any atom is 0.387 e. The fourth-order valence-corrected chi connectivity index (χ4v) is 2.87. The second-order valence-corrected chi connectivity index (χ2v) is 5.56. The summed E-state index contributed by atoms with van der Waals surface area (Å²) in [6.45, 7) is -1.29. The van der Waals surface area contributed by atoms with Gasteiger partial charge in [-0.2, -0.15) is 8.78 Å². The number of rotatable bonds is 5. The van der Waals surface area contributed by atoms with Gasteiger partial charge in [0.1, 0.15) is 17.3 Å². The van der Waals surface area contributed by atoms with Gasteiger partial charge in [0.15, 0.2) is 0 Å². The zero-order valence-corrected chi connectivity index (χ0v) is 13.9. The zero-order chi connectivity index (χ0) is 18.0. The number of alkyl halides is 2. The van der Waals surface area contributed by atoms with Gasteiger partial charge in [0, 0.05) is 10.9 Å². The van der Waals surface area contributed by atoms with Crippen LogP contribution in [0, 0.1) is 5.82 Å². The van der Waals surface area contributed by atoms with E-state index in [9.17, 15) is 13.2 Å².